The molecule has 3 heteroatoms. The molecule has 0 saturated carbocycles. The van der Waals surface area contributed by atoms with E-state index in [1.54, 1.807) is 0 Å². The molecule has 0 amide bonds. The fourth-order valence-corrected chi connectivity index (χ4v) is 1.60. The van der Waals surface area contributed by atoms with E-state index in [1.165, 1.54) is 45.6 Å². The highest BCUT2D eigenvalue weighted by Crippen LogP contribution is 1.95. The van der Waals surface area contributed by atoms with E-state index in [2.05, 4.69) is 15.5 Å². The number of nitrogens with zero attached hydrogens (tertiary/aromatic N) is 1. The van der Waals surface area contributed by atoms with Crippen LogP contribution in [0, 0.1) is 0 Å². The lowest BCUT2D eigenvalue weighted by Crippen LogP contribution is -2.30. The summed E-state index contributed by atoms with van der Waals surface area (Å²) in [6.07, 6.45) is 2.58. The van der Waals surface area contributed by atoms with Crippen molar-refractivity contribution in [1.82, 2.24) is 15.5 Å². The lowest BCUT2D eigenvalue weighted by molar-refractivity contribution is 0.288. The molecule has 0 aliphatic carbocycles. The fourth-order valence-electron chi connectivity index (χ4n) is 1.60. The summed E-state index contributed by atoms with van der Waals surface area (Å²) >= 11 is 0. The second-order valence-corrected chi connectivity index (χ2v) is 3.40. The first-order valence-corrected chi connectivity index (χ1v) is 5.01. The van der Waals surface area contributed by atoms with Gasteiger partial charge in [0.05, 0.1) is 0 Å². The van der Waals surface area contributed by atoms with Gasteiger partial charge in [-0.1, -0.05) is 0 Å². The van der Waals surface area contributed by atoms with Gasteiger partial charge in [-0.25, -0.2) is 0 Å². The van der Waals surface area contributed by atoms with Gasteiger partial charge in [0.15, 0.2) is 0 Å². The zero-order chi connectivity index (χ0) is 8.65. The number of nitrogens with one attached hydrogen (secondary N) is 2. The van der Waals surface area contributed by atoms with Gasteiger partial charge in [-0.3, -0.25) is 0 Å². The zero-order valence-electron chi connectivity index (χ0n) is 8.10. The van der Waals surface area contributed by atoms with Crippen LogP contribution in [0.25, 0.3) is 0 Å². The summed E-state index contributed by atoms with van der Waals surface area (Å²) in [5.74, 6) is 0. The Morgan fingerprint density at radius 2 is 2.25 bits per heavy atom. The minimum Gasteiger partial charge on any atom is -0.320 e. The van der Waals surface area contributed by atoms with E-state index in [9.17, 15) is 0 Å². The Morgan fingerprint density at radius 1 is 1.33 bits per heavy atom. The fraction of sp³-hybridized carbons (Fsp3) is 1.00. The van der Waals surface area contributed by atoms with Crippen LogP contribution in [-0.2, 0) is 0 Å². The van der Waals surface area contributed by atoms with Crippen molar-refractivity contribution < 1.29 is 0 Å². The van der Waals surface area contributed by atoms with Gasteiger partial charge in [0, 0.05) is 13.1 Å². The summed E-state index contributed by atoms with van der Waals surface area (Å²) in [5.41, 5.74) is 0. The van der Waals surface area contributed by atoms with Crippen LogP contribution in [0.4, 0.5) is 0 Å². The molecular weight excluding hydrogens is 150 g/mol. The van der Waals surface area contributed by atoms with Gasteiger partial charge < -0.3 is 15.5 Å². The van der Waals surface area contributed by atoms with Crippen LogP contribution in [0.1, 0.15) is 12.8 Å². The smallest absolute Gasteiger partial charge is 0.0107 e. The Morgan fingerprint density at radius 3 is 3.08 bits per heavy atom. The van der Waals surface area contributed by atoms with E-state index < -0.39 is 0 Å². The molecule has 0 aromatic rings. The SMILES string of the molecule is CNCCCN1CCCNCC1. The molecule has 1 heterocycles. The topological polar surface area (TPSA) is 27.3 Å². The van der Waals surface area contributed by atoms with E-state index in [-0.39, 0.29) is 0 Å². The maximum absolute atomic E-state index is 3.41. The van der Waals surface area contributed by atoms with Gasteiger partial charge in [0.2, 0.25) is 0 Å². The second kappa shape index (κ2) is 6.40. The first-order chi connectivity index (χ1) is 5.93. The molecule has 0 aromatic carbocycles. The molecule has 2 N–H and O–H groups in total. The van der Waals surface area contributed by atoms with Crippen LogP contribution in [0.2, 0.25) is 0 Å². The molecule has 0 unspecified atom stereocenters. The van der Waals surface area contributed by atoms with Crippen LogP contribution in [0.5, 0.6) is 0 Å². The summed E-state index contributed by atoms with van der Waals surface area (Å²) in [7, 11) is 2.02. The normalized spacial score (nSPS) is 20.8. The Hall–Kier alpha value is -0.120. The highest BCUT2D eigenvalue weighted by atomic mass is 15.1. The van der Waals surface area contributed by atoms with Crippen LogP contribution in [-0.4, -0.2) is 51.2 Å². The summed E-state index contributed by atoms with van der Waals surface area (Å²) in [5, 5.41) is 6.59. The lowest BCUT2D eigenvalue weighted by atomic mass is 10.3. The molecule has 1 fully saturated rings. The minimum absolute atomic E-state index is 1.14. The van der Waals surface area contributed by atoms with Gasteiger partial charge in [-0.2, -0.15) is 0 Å². The van der Waals surface area contributed by atoms with Gasteiger partial charge >= 0.3 is 0 Å². The molecule has 1 aliphatic rings. The van der Waals surface area contributed by atoms with Gasteiger partial charge in [-0.15, -0.1) is 0 Å². The van der Waals surface area contributed by atoms with Crippen molar-refractivity contribution in [2.45, 2.75) is 12.8 Å². The van der Waals surface area contributed by atoms with Gasteiger partial charge in [0.1, 0.15) is 0 Å². The molecule has 1 saturated heterocycles. The molecule has 1 rings (SSSR count). The van der Waals surface area contributed by atoms with Crippen molar-refractivity contribution in [3.8, 4) is 0 Å². The van der Waals surface area contributed by atoms with Crippen LogP contribution >= 0.6 is 0 Å². The molecule has 0 aromatic heterocycles. The summed E-state index contributed by atoms with van der Waals surface area (Å²) in [6, 6.07) is 0. The van der Waals surface area contributed by atoms with Crippen LogP contribution in [0.3, 0.4) is 0 Å². The molecule has 0 bridgehead atoms. The largest absolute Gasteiger partial charge is 0.320 e. The minimum atomic E-state index is 1.14. The van der Waals surface area contributed by atoms with Crippen molar-refractivity contribution in [1.29, 1.82) is 0 Å². The highest BCUT2D eigenvalue weighted by molar-refractivity contribution is 4.65. The summed E-state index contributed by atoms with van der Waals surface area (Å²) in [6.45, 7) is 7.26. The average Bonchev–Trinajstić information content (AvgIpc) is 2.33. The molecule has 72 valence electrons. The maximum Gasteiger partial charge on any atom is 0.0107 e. The van der Waals surface area contributed by atoms with Crippen molar-refractivity contribution in [2.24, 2.45) is 0 Å². The molecule has 1 aliphatic heterocycles. The molecule has 12 heavy (non-hydrogen) atoms. The maximum atomic E-state index is 3.41. The molecule has 0 radical (unpaired) electrons. The molecule has 0 atom stereocenters. The van der Waals surface area contributed by atoms with Crippen molar-refractivity contribution in [2.75, 3.05) is 46.3 Å². The summed E-state index contributed by atoms with van der Waals surface area (Å²) in [4.78, 5) is 2.55. The van der Waals surface area contributed by atoms with E-state index in [1.807, 2.05) is 7.05 Å². The number of hydrogen-bond donors (Lipinski definition) is 2. The quantitative estimate of drug-likeness (QED) is 0.578. The predicted octanol–water partition coefficient (Wildman–Crippen LogP) is -0.109. The first-order valence-electron chi connectivity index (χ1n) is 5.01. The van der Waals surface area contributed by atoms with Crippen LogP contribution in [0.15, 0.2) is 0 Å². The second-order valence-electron chi connectivity index (χ2n) is 3.40. The van der Waals surface area contributed by atoms with Crippen LogP contribution < -0.4 is 10.6 Å². The van der Waals surface area contributed by atoms with Crippen molar-refractivity contribution in [3.05, 3.63) is 0 Å². The Kier molecular flexibility index (Phi) is 5.32. The van der Waals surface area contributed by atoms with Gasteiger partial charge in [-0.05, 0) is 46.1 Å². The Labute approximate surface area is 75.5 Å². The van der Waals surface area contributed by atoms with Gasteiger partial charge in [0.25, 0.3) is 0 Å². The molecular formula is C9H21N3. The van der Waals surface area contributed by atoms with E-state index in [0.29, 0.717) is 0 Å². The predicted molar refractivity (Wildman–Crippen MR) is 52.5 cm³/mol. The highest BCUT2D eigenvalue weighted by Gasteiger charge is 2.06. The molecule has 0 spiro atoms. The van der Waals surface area contributed by atoms with E-state index in [4.69, 9.17) is 0 Å². The number of rotatable bonds is 4. The number of hydrogen-bond acceptors (Lipinski definition) is 3. The molecule has 3 nitrogen and oxygen atoms in total. The Bertz CT molecular complexity index is 97.9. The zero-order valence-corrected chi connectivity index (χ0v) is 8.10. The average molecular weight is 171 g/mol. The third-order valence-corrected chi connectivity index (χ3v) is 2.33. The Balaban J connectivity index is 2.04. The third kappa shape index (κ3) is 4.04. The lowest BCUT2D eigenvalue weighted by Gasteiger charge is -2.18. The monoisotopic (exact) mass is 171 g/mol. The standard InChI is InChI=1S/C9H21N3/c1-10-4-2-7-12-8-3-5-11-6-9-12/h10-11H,2-9H2,1H3. The van der Waals surface area contributed by atoms with E-state index in [0.717, 1.165) is 6.54 Å². The first kappa shape index (κ1) is 9.96. The summed E-state index contributed by atoms with van der Waals surface area (Å²) < 4.78 is 0. The van der Waals surface area contributed by atoms with E-state index >= 15 is 0 Å². The van der Waals surface area contributed by atoms with Crippen molar-refractivity contribution >= 4 is 0 Å². The van der Waals surface area contributed by atoms with Crippen molar-refractivity contribution in [3.63, 3.8) is 0 Å². The third-order valence-electron chi connectivity index (χ3n) is 2.33.